The lowest BCUT2D eigenvalue weighted by atomic mass is 9.81. The van der Waals surface area contributed by atoms with E-state index in [9.17, 15) is 9.18 Å². The first-order valence-electron chi connectivity index (χ1n) is 9.19. The molecule has 1 amide bonds. The molecular formula is C23H19FN2O. The number of nitrogens with zero attached hydrogens (tertiary/aromatic N) is 1. The topological polar surface area (TPSA) is 32.3 Å². The predicted molar refractivity (Wildman–Crippen MR) is 103 cm³/mol. The Balaban J connectivity index is 1.60. The Morgan fingerprint density at radius 2 is 1.70 bits per heavy atom. The molecule has 2 unspecified atom stereocenters. The maximum absolute atomic E-state index is 13.3. The van der Waals surface area contributed by atoms with Gasteiger partial charge in [-0.25, -0.2) is 4.39 Å². The normalized spacial score (nSPS) is 20.3. The summed E-state index contributed by atoms with van der Waals surface area (Å²) < 4.78 is 13.3. The van der Waals surface area contributed by atoms with E-state index in [4.69, 9.17) is 0 Å². The van der Waals surface area contributed by atoms with Gasteiger partial charge in [-0.1, -0.05) is 48.5 Å². The average molecular weight is 358 g/mol. The summed E-state index contributed by atoms with van der Waals surface area (Å²) >= 11 is 0. The van der Waals surface area contributed by atoms with E-state index >= 15 is 0 Å². The van der Waals surface area contributed by atoms with E-state index in [0.29, 0.717) is 5.56 Å². The second kappa shape index (κ2) is 6.23. The van der Waals surface area contributed by atoms with E-state index in [1.165, 1.54) is 23.3 Å². The van der Waals surface area contributed by atoms with Gasteiger partial charge in [0, 0.05) is 12.5 Å². The Morgan fingerprint density at radius 3 is 2.56 bits per heavy atom. The lowest BCUT2D eigenvalue weighted by Gasteiger charge is -2.47. The van der Waals surface area contributed by atoms with E-state index in [1.54, 1.807) is 0 Å². The van der Waals surface area contributed by atoms with Crippen molar-refractivity contribution in [3.05, 3.63) is 101 Å². The molecule has 3 aromatic rings. The minimum atomic E-state index is -0.232. The number of fused-ring (bicyclic) bond motifs is 4. The molecule has 134 valence electrons. The van der Waals surface area contributed by atoms with Crippen LogP contribution in [0.1, 0.15) is 33.0 Å². The number of para-hydroxylation sites is 1. The quantitative estimate of drug-likeness (QED) is 0.743. The van der Waals surface area contributed by atoms with Crippen molar-refractivity contribution in [3.8, 4) is 0 Å². The molecule has 0 bridgehead atoms. The van der Waals surface area contributed by atoms with Crippen LogP contribution in [0.3, 0.4) is 0 Å². The largest absolute Gasteiger partial charge is 0.346 e. The summed E-state index contributed by atoms with van der Waals surface area (Å²) in [6.45, 7) is 0.762. The maximum Gasteiger partial charge on any atom is 0.254 e. The highest BCUT2D eigenvalue weighted by Gasteiger charge is 2.40. The third-order valence-electron chi connectivity index (χ3n) is 5.62. The van der Waals surface area contributed by atoms with Gasteiger partial charge in [0.25, 0.3) is 5.91 Å². The summed E-state index contributed by atoms with van der Waals surface area (Å²) in [4.78, 5) is 15.0. The number of hydrogen-bond donors (Lipinski definition) is 1. The Hall–Kier alpha value is -3.14. The maximum atomic E-state index is 13.3. The van der Waals surface area contributed by atoms with Crippen LogP contribution in [-0.4, -0.2) is 12.1 Å². The van der Waals surface area contributed by atoms with Gasteiger partial charge in [-0.2, -0.15) is 0 Å². The van der Waals surface area contributed by atoms with E-state index in [0.717, 1.165) is 24.2 Å². The van der Waals surface area contributed by atoms with Crippen LogP contribution in [0.25, 0.3) is 0 Å². The number of rotatable bonds is 2. The molecule has 27 heavy (non-hydrogen) atoms. The van der Waals surface area contributed by atoms with Gasteiger partial charge >= 0.3 is 0 Å². The fourth-order valence-electron chi connectivity index (χ4n) is 4.35. The van der Waals surface area contributed by atoms with Crippen LogP contribution in [0.15, 0.2) is 72.8 Å². The van der Waals surface area contributed by atoms with Crippen LogP contribution in [0.2, 0.25) is 0 Å². The summed E-state index contributed by atoms with van der Waals surface area (Å²) in [6.07, 6.45) is 0.619. The van der Waals surface area contributed by atoms with Crippen molar-refractivity contribution in [2.75, 3.05) is 4.90 Å². The zero-order valence-electron chi connectivity index (χ0n) is 14.7. The van der Waals surface area contributed by atoms with E-state index in [2.05, 4.69) is 28.4 Å². The lowest BCUT2D eigenvalue weighted by molar-refractivity contribution is 0.0916. The average Bonchev–Trinajstić information content (AvgIpc) is 2.70. The van der Waals surface area contributed by atoms with Gasteiger partial charge in [0.1, 0.15) is 12.0 Å². The first-order chi connectivity index (χ1) is 13.2. The second-order valence-corrected chi connectivity index (χ2v) is 7.20. The molecular weight excluding hydrogens is 339 g/mol. The molecule has 2 aliphatic rings. The molecule has 0 saturated carbocycles. The molecule has 0 radical (unpaired) electrons. The Labute approximate surface area is 157 Å². The minimum absolute atomic E-state index is 0.0321. The minimum Gasteiger partial charge on any atom is -0.346 e. The molecule has 3 aromatic carbocycles. The number of nitrogens with one attached hydrogen (secondary N) is 1. The molecule has 0 fully saturated rings. The lowest BCUT2D eigenvalue weighted by Crippen LogP contribution is -2.57. The number of hydrogen-bond acceptors (Lipinski definition) is 2. The highest BCUT2D eigenvalue weighted by Crippen LogP contribution is 2.40. The molecule has 5 rings (SSSR count). The monoisotopic (exact) mass is 358 g/mol. The Bertz CT molecular complexity index is 1010. The molecule has 0 spiro atoms. The van der Waals surface area contributed by atoms with Gasteiger partial charge in [0.05, 0.1) is 11.3 Å². The Morgan fingerprint density at radius 1 is 0.963 bits per heavy atom. The van der Waals surface area contributed by atoms with E-state index < -0.39 is 0 Å². The first kappa shape index (κ1) is 16.1. The number of halogens is 1. The van der Waals surface area contributed by atoms with Crippen LogP contribution in [0.5, 0.6) is 0 Å². The summed E-state index contributed by atoms with van der Waals surface area (Å²) in [5.74, 6) is -0.169. The SMILES string of the molecule is O=C1NC2C(Cc3ccc(F)cc3)c3ccccc3CN2c2ccccc21. The molecule has 1 N–H and O–H groups in total. The third kappa shape index (κ3) is 2.69. The molecule has 0 aliphatic carbocycles. The first-order valence-corrected chi connectivity index (χ1v) is 9.19. The summed E-state index contributed by atoms with van der Waals surface area (Å²) in [6, 6.07) is 22.8. The summed E-state index contributed by atoms with van der Waals surface area (Å²) in [5, 5.41) is 3.21. The summed E-state index contributed by atoms with van der Waals surface area (Å²) in [5.41, 5.74) is 5.28. The molecule has 2 aliphatic heterocycles. The molecule has 2 heterocycles. The van der Waals surface area contributed by atoms with Gasteiger partial charge in [0.2, 0.25) is 0 Å². The van der Waals surface area contributed by atoms with Crippen molar-refractivity contribution >= 4 is 11.6 Å². The van der Waals surface area contributed by atoms with Crippen LogP contribution in [0.4, 0.5) is 10.1 Å². The smallest absolute Gasteiger partial charge is 0.254 e. The fraction of sp³-hybridized carbons (Fsp3) is 0.174. The molecule has 4 heteroatoms. The van der Waals surface area contributed by atoms with E-state index in [1.807, 2.05) is 42.5 Å². The number of carbonyl (C=O) groups excluding carboxylic acids is 1. The van der Waals surface area contributed by atoms with Gasteiger partial charge in [-0.05, 0) is 47.4 Å². The predicted octanol–water partition coefficient (Wildman–Crippen LogP) is 4.24. The van der Waals surface area contributed by atoms with Crippen molar-refractivity contribution in [1.82, 2.24) is 5.32 Å². The zero-order chi connectivity index (χ0) is 18.4. The number of amides is 1. The third-order valence-corrected chi connectivity index (χ3v) is 5.62. The summed E-state index contributed by atoms with van der Waals surface area (Å²) in [7, 11) is 0. The van der Waals surface area contributed by atoms with Gasteiger partial charge in [-0.3, -0.25) is 4.79 Å². The van der Waals surface area contributed by atoms with Crippen molar-refractivity contribution in [2.24, 2.45) is 0 Å². The second-order valence-electron chi connectivity index (χ2n) is 7.20. The van der Waals surface area contributed by atoms with E-state index in [-0.39, 0.29) is 23.8 Å². The standard InChI is InChI=1S/C23H19FN2O/c24-17-11-9-15(10-12-17)13-20-18-6-2-1-5-16(18)14-26-21-8-4-3-7-19(21)23(27)25-22(20)26/h1-12,20,22H,13-14H2,(H,25,27). The van der Waals surface area contributed by atoms with Gasteiger partial charge in [0.15, 0.2) is 0 Å². The van der Waals surface area contributed by atoms with Crippen LogP contribution >= 0.6 is 0 Å². The molecule has 2 atom stereocenters. The van der Waals surface area contributed by atoms with Crippen LogP contribution in [-0.2, 0) is 13.0 Å². The van der Waals surface area contributed by atoms with Crippen molar-refractivity contribution in [2.45, 2.75) is 25.0 Å². The molecule has 0 saturated heterocycles. The van der Waals surface area contributed by atoms with Gasteiger partial charge < -0.3 is 10.2 Å². The molecule has 0 aromatic heterocycles. The molecule has 3 nitrogen and oxygen atoms in total. The highest BCUT2D eigenvalue weighted by molar-refractivity contribution is 6.02. The van der Waals surface area contributed by atoms with Crippen molar-refractivity contribution in [1.29, 1.82) is 0 Å². The van der Waals surface area contributed by atoms with Crippen molar-refractivity contribution < 1.29 is 9.18 Å². The number of benzene rings is 3. The Kier molecular flexibility index (Phi) is 3.71. The number of carbonyl (C=O) groups is 1. The van der Waals surface area contributed by atoms with Gasteiger partial charge in [-0.15, -0.1) is 0 Å². The highest BCUT2D eigenvalue weighted by atomic mass is 19.1. The van der Waals surface area contributed by atoms with Crippen molar-refractivity contribution in [3.63, 3.8) is 0 Å². The van der Waals surface area contributed by atoms with Crippen LogP contribution < -0.4 is 10.2 Å². The number of anilines is 1. The zero-order valence-corrected chi connectivity index (χ0v) is 14.7. The fourth-order valence-corrected chi connectivity index (χ4v) is 4.35. The van der Waals surface area contributed by atoms with Crippen LogP contribution in [0, 0.1) is 5.82 Å².